The molecule has 2 unspecified atom stereocenters. The Hall–Kier alpha value is -2.48. The first-order valence-electron chi connectivity index (χ1n) is 6.81. The van der Waals surface area contributed by atoms with Crippen molar-refractivity contribution in [2.45, 2.75) is 25.0 Å². The van der Waals surface area contributed by atoms with E-state index in [4.69, 9.17) is 17.6 Å². The minimum atomic E-state index is -0.891. The van der Waals surface area contributed by atoms with Crippen LogP contribution in [-0.2, 0) is 15.9 Å². The van der Waals surface area contributed by atoms with Gasteiger partial charge >= 0.3 is 0 Å². The Labute approximate surface area is 127 Å². The fourth-order valence-electron chi connectivity index (χ4n) is 2.26. The lowest BCUT2D eigenvalue weighted by Crippen LogP contribution is -2.35. The van der Waals surface area contributed by atoms with Gasteiger partial charge in [-0.15, -0.1) is 12.8 Å². The van der Waals surface area contributed by atoms with Crippen LogP contribution in [0, 0.1) is 24.7 Å². The van der Waals surface area contributed by atoms with Gasteiger partial charge in [-0.05, 0) is 25.0 Å². The first-order valence-corrected chi connectivity index (χ1v) is 6.81. The Morgan fingerprint density at radius 2 is 1.05 bits per heavy atom. The van der Waals surface area contributed by atoms with Crippen molar-refractivity contribution in [3.8, 4) is 24.7 Å². The van der Waals surface area contributed by atoms with E-state index in [1.807, 2.05) is 74.5 Å². The van der Waals surface area contributed by atoms with Gasteiger partial charge in [-0.3, -0.25) is 0 Å². The molecule has 0 spiro atoms. The van der Waals surface area contributed by atoms with Crippen LogP contribution in [0.1, 0.15) is 25.0 Å². The van der Waals surface area contributed by atoms with Gasteiger partial charge in [0.1, 0.15) is 0 Å². The summed E-state index contributed by atoms with van der Waals surface area (Å²) in [6, 6.07) is 19.4. The molecule has 1 heteroatoms. The van der Waals surface area contributed by atoms with Gasteiger partial charge in [0.05, 0.1) is 0 Å². The van der Waals surface area contributed by atoms with Crippen molar-refractivity contribution in [2.24, 2.45) is 0 Å². The third-order valence-corrected chi connectivity index (χ3v) is 3.61. The molecule has 0 saturated carbocycles. The van der Waals surface area contributed by atoms with Crippen LogP contribution in [0.2, 0.25) is 0 Å². The molecule has 0 radical (unpaired) electrons. The van der Waals surface area contributed by atoms with Crippen LogP contribution >= 0.6 is 0 Å². The Bertz CT molecular complexity index is 614. The largest absolute Gasteiger partial charge is 0.335 e. The number of ether oxygens (including phenoxy) is 1. The van der Waals surface area contributed by atoms with Crippen molar-refractivity contribution in [3.63, 3.8) is 0 Å². The summed E-state index contributed by atoms with van der Waals surface area (Å²) < 4.78 is 6.22. The molecule has 2 atom stereocenters. The van der Waals surface area contributed by atoms with Gasteiger partial charge in [-0.1, -0.05) is 72.5 Å². The molecular formula is C20H18O. The molecule has 1 nitrogen and oxygen atoms in total. The molecule has 2 aromatic carbocycles. The van der Waals surface area contributed by atoms with E-state index in [9.17, 15) is 0 Å². The molecule has 0 aliphatic heterocycles. The fraction of sp³-hybridized carbons (Fsp3) is 0.200. The summed E-state index contributed by atoms with van der Waals surface area (Å²) in [5.41, 5.74) is 0.0333. The van der Waals surface area contributed by atoms with Crippen LogP contribution in [-0.4, -0.2) is 0 Å². The van der Waals surface area contributed by atoms with Crippen LogP contribution in [0.3, 0.4) is 0 Å². The standard InChI is InChI=1S/C20H18O/c1-5-19(3,17-13-9-7-10-14-17)21-20(4,6-2)18-15-11-8-12-16-18/h1-2,7-16H,3-4H3. The maximum absolute atomic E-state index is 6.22. The second-order valence-corrected chi connectivity index (χ2v) is 5.19. The van der Waals surface area contributed by atoms with E-state index in [1.54, 1.807) is 0 Å². The second-order valence-electron chi connectivity index (χ2n) is 5.19. The topological polar surface area (TPSA) is 9.23 Å². The molecule has 0 N–H and O–H groups in total. The van der Waals surface area contributed by atoms with Gasteiger partial charge in [-0.2, -0.15) is 0 Å². The van der Waals surface area contributed by atoms with Gasteiger partial charge in [0.15, 0.2) is 11.2 Å². The zero-order chi connectivity index (χ0) is 15.3. The quantitative estimate of drug-likeness (QED) is 0.763. The second kappa shape index (κ2) is 5.88. The van der Waals surface area contributed by atoms with Gasteiger partial charge in [0.25, 0.3) is 0 Å². The van der Waals surface area contributed by atoms with E-state index in [1.165, 1.54) is 0 Å². The number of hydrogen-bond acceptors (Lipinski definition) is 1. The van der Waals surface area contributed by atoms with E-state index >= 15 is 0 Å². The zero-order valence-electron chi connectivity index (χ0n) is 12.3. The van der Waals surface area contributed by atoms with Gasteiger partial charge in [0, 0.05) is 0 Å². The normalized spacial score (nSPS) is 16.0. The van der Waals surface area contributed by atoms with Crippen LogP contribution < -0.4 is 0 Å². The van der Waals surface area contributed by atoms with Crippen molar-refractivity contribution in [3.05, 3.63) is 71.8 Å². The lowest BCUT2D eigenvalue weighted by molar-refractivity contribution is -0.0861. The average Bonchev–Trinajstić information content (AvgIpc) is 2.56. The minimum absolute atomic E-state index is 0.891. The zero-order valence-corrected chi connectivity index (χ0v) is 12.3. The predicted molar refractivity (Wildman–Crippen MR) is 86.3 cm³/mol. The Morgan fingerprint density at radius 1 is 0.714 bits per heavy atom. The molecule has 0 aliphatic carbocycles. The van der Waals surface area contributed by atoms with Gasteiger partial charge in [0.2, 0.25) is 0 Å². The molecule has 2 aromatic rings. The Kier molecular flexibility index (Phi) is 4.18. The predicted octanol–water partition coefficient (Wildman–Crippen LogP) is 4.10. The highest BCUT2D eigenvalue weighted by atomic mass is 16.5. The summed E-state index contributed by atoms with van der Waals surface area (Å²) in [5.74, 6) is 5.47. The van der Waals surface area contributed by atoms with Crippen LogP contribution in [0.25, 0.3) is 0 Å². The molecule has 0 fully saturated rings. The number of terminal acetylenes is 2. The lowest BCUT2D eigenvalue weighted by atomic mass is 9.91. The Balaban J connectivity index is 2.42. The first kappa shape index (κ1) is 14.9. The summed E-state index contributed by atoms with van der Waals surface area (Å²) in [6.45, 7) is 3.72. The third-order valence-electron chi connectivity index (χ3n) is 3.61. The molecule has 0 saturated heterocycles. The van der Waals surface area contributed by atoms with Gasteiger partial charge in [-0.25, -0.2) is 0 Å². The number of rotatable bonds is 4. The summed E-state index contributed by atoms with van der Waals surface area (Å²) in [4.78, 5) is 0. The Morgan fingerprint density at radius 3 is 1.33 bits per heavy atom. The van der Waals surface area contributed by atoms with Crippen molar-refractivity contribution in [2.75, 3.05) is 0 Å². The van der Waals surface area contributed by atoms with Gasteiger partial charge < -0.3 is 4.74 Å². The van der Waals surface area contributed by atoms with E-state index in [0.29, 0.717) is 0 Å². The monoisotopic (exact) mass is 274 g/mol. The molecule has 0 bridgehead atoms. The molecular weight excluding hydrogens is 256 g/mol. The summed E-state index contributed by atoms with van der Waals surface area (Å²) in [6.07, 6.45) is 11.5. The SMILES string of the molecule is C#CC(C)(OC(C)(C#C)c1ccccc1)c1ccccc1. The molecule has 0 amide bonds. The van der Waals surface area contributed by atoms with Crippen LogP contribution in [0.4, 0.5) is 0 Å². The molecule has 2 rings (SSSR count). The lowest BCUT2D eigenvalue weighted by Gasteiger charge is -2.35. The molecule has 104 valence electrons. The van der Waals surface area contributed by atoms with Crippen LogP contribution in [0.15, 0.2) is 60.7 Å². The first-order chi connectivity index (χ1) is 10.0. The van der Waals surface area contributed by atoms with E-state index in [-0.39, 0.29) is 0 Å². The van der Waals surface area contributed by atoms with Crippen molar-refractivity contribution < 1.29 is 4.74 Å². The molecule has 0 heterocycles. The van der Waals surface area contributed by atoms with Crippen molar-refractivity contribution in [1.82, 2.24) is 0 Å². The summed E-state index contributed by atoms with van der Waals surface area (Å²) >= 11 is 0. The van der Waals surface area contributed by atoms with Crippen molar-refractivity contribution in [1.29, 1.82) is 0 Å². The highest BCUT2D eigenvalue weighted by molar-refractivity contribution is 5.34. The van der Waals surface area contributed by atoms with E-state index in [0.717, 1.165) is 11.1 Å². The van der Waals surface area contributed by atoms with Crippen LogP contribution in [0.5, 0.6) is 0 Å². The number of hydrogen-bond donors (Lipinski definition) is 0. The smallest absolute Gasteiger partial charge is 0.153 e. The maximum atomic E-state index is 6.22. The number of benzene rings is 2. The fourth-order valence-corrected chi connectivity index (χ4v) is 2.26. The molecule has 0 aliphatic rings. The van der Waals surface area contributed by atoms with E-state index < -0.39 is 11.2 Å². The molecule has 21 heavy (non-hydrogen) atoms. The summed E-state index contributed by atoms with van der Waals surface area (Å²) in [7, 11) is 0. The highest BCUT2D eigenvalue weighted by Gasteiger charge is 2.36. The maximum Gasteiger partial charge on any atom is 0.153 e. The van der Waals surface area contributed by atoms with Crippen molar-refractivity contribution >= 4 is 0 Å². The third kappa shape index (κ3) is 3.00. The minimum Gasteiger partial charge on any atom is -0.335 e. The molecule has 0 aromatic heterocycles. The summed E-state index contributed by atoms with van der Waals surface area (Å²) in [5, 5.41) is 0. The highest BCUT2D eigenvalue weighted by Crippen LogP contribution is 2.35. The average molecular weight is 274 g/mol. The van der Waals surface area contributed by atoms with E-state index in [2.05, 4.69) is 11.8 Å².